The molecular weight excluding hydrogens is 260 g/mol. The lowest BCUT2D eigenvalue weighted by molar-refractivity contribution is 0.0992. The molecule has 3 aromatic rings. The highest BCUT2D eigenvalue weighted by molar-refractivity contribution is 5.97. The lowest BCUT2D eigenvalue weighted by atomic mass is 10.1. The van der Waals surface area contributed by atoms with E-state index in [4.69, 9.17) is 0 Å². The molecule has 0 amide bonds. The highest BCUT2D eigenvalue weighted by Gasteiger charge is 2.08. The molecular formula is C18H16N2O. The Balaban J connectivity index is 1.67. The van der Waals surface area contributed by atoms with E-state index in [0.717, 1.165) is 17.8 Å². The number of aromatic nitrogens is 2. The van der Waals surface area contributed by atoms with Gasteiger partial charge in [0.2, 0.25) is 0 Å². The van der Waals surface area contributed by atoms with Crippen molar-refractivity contribution < 1.29 is 4.79 Å². The Bertz CT molecular complexity index is 717. The third kappa shape index (κ3) is 3.45. The average molecular weight is 276 g/mol. The van der Waals surface area contributed by atoms with Crippen LogP contribution in [-0.2, 0) is 13.0 Å². The van der Waals surface area contributed by atoms with Gasteiger partial charge in [-0.2, -0.15) is 0 Å². The maximum Gasteiger partial charge on any atom is 0.168 e. The lowest BCUT2D eigenvalue weighted by Gasteiger charge is -2.01. The SMILES string of the molecule is O=C(Cc1cn(Cc2ccccc2)cn1)c1ccccc1. The molecule has 0 aliphatic rings. The summed E-state index contributed by atoms with van der Waals surface area (Å²) in [5.74, 6) is 0.0977. The smallest absolute Gasteiger partial charge is 0.168 e. The predicted octanol–water partition coefficient (Wildman–Crippen LogP) is 3.36. The van der Waals surface area contributed by atoms with Crippen molar-refractivity contribution in [3.05, 3.63) is 90.0 Å². The van der Waals surface area contributed by atoms with Gasteiger partial charge in [0.25, 0.3) is 0 Å². The minimum absolute atomic E-state index is 0.0977. The van der Waals surface area contributed by atoms with Crippen LogP contribution in [-0.4, -0.2) is 15.3 Å². The van der Waals surface area contributed by atoms with Gasteiger partial charge in [-0.15, -0.1) is 0 Å². The number of benzene rings is 2. The summed E-state index contributed by atoms with van der Waals surface area (Å²) in [4.78, 5) is 16.5. The molecule has 2 aromatic carbocycles. The van der Waals surface area contributed by atoms with E-state index >= 15 is 0 Å². The second-order valence-electron chi connectivity index (χ2n) is 4.99. The van der Waals surface area contributed by atoms with Crippen LogP contribution >= 0.6 is 0 Å². The van der Waals surface area contributed by atoms with Crippen molar-refractivity contribution in [2.45, 2.75) is 13.0 Å². The first kappa shape index (κ1) is 13.3. The highest BCUT2D eigenvalue weighted by atomic mass is 16.1. The molecule has 0 spiro atoms. The summed E-state index contributed by atoms with van der Waals surface area (Å²) >= 11 is 0. The van der Waals surface area contributed by atoms with Gasteiger partial charge in [0.1, 0.15) is 0 Å². The van der Waals surface area contributed by atoms with Crippen molar-refractivity contribution in [3.63, 3.8) is 0 Å². The van der Waals surface area contributed by atoms with E-state index in [0.29, 0.717) is 6.42 Å². The van der Waals surface area contributed by atoms with Crippen LogP contribution in [0.1, 0.15) is 21.6 Å². The Morgan fingerprint density at radius 1 is 0.952 bits per heavy atom. The standard InChI is InChI=1S/C18H16N2O/c21-18(16-9-5-2-6-10-16)11-17-13-20(14-19-17)12-15-7-3-1-4-8-15/h1-10,13-14H,11-12H2. The number of nitrogens with zero attached hydrogens (tertiary/aromatic N) is 2. The van der Waals surface area contributed by atoms with Crippen LogP contribution in [0.5, 0.6) is 0 Å². The quantitative estimate of drug-likeness (QED) is 0.670. The van der Waals surface area contributed by atoms with Crippen molar-refractivity contribution >= 4 is 5.78 Å². The average Bonchev–Trinajstić information content (AvgIpc) is 2.96. The van der Waals surface area contributed by atoms with E-state index in [2.05, 4.69) is 17.1 Å². The van der Waals surface area contributed by atoms with Gasteiger partial charge in [-0.25, -0.2) is 4.98 Å². The zero-order valence-corrected chi connectivity index (χ0v) is 11.6. The van der Waals surface area contributed by atoms with E-state index in [1.807, 2.05) is 59.3 Å². The van der Waals surface area contributed by atoms with Crippen molar-refractivity contribution in [3.8, 4) is 0 Å². The number of carbonyl (C=O) groups excluding carboxylic acids is 1. The maximum absolute atomic E-state index is 12.1. The van der Waals surface area contributed by atoms with Crippen LogP contribution in [0.25, 0.3) is 0 Å². The molecule has 0 bridgehead atoms. The Kier molecular flexibility index (Phi) is 3.92. The third-order valence-corrected chi connectivity index (χ3v) is 3.33. The Hall–Kier alpha value is -2.68. The predicted molar refractivity (Wildman–Crippen MR) is 82.2 cm³/mol. The fourth-order valence-corrected chi connectivity index (χ4v) is 2.27. The molecule has 21 heavy (non-hydrogen) atoms. The van der Waals surface area contributed by atoms with Crippen LogP contribution in [0.2, 0.25) is 0 Å². The van der Waals surface area contributed by atoms with Crippen LogP contribution < -0.4 is 0 Å². The summed E-state index contributed by atoms with van der Waals surface area (Å²) in [6.45, 7) is 0.771. The molecule has 1 heterocycles. The Morgan fingerprint density at radius 2 is 1.62 bits per heavy atom. The number of Topliss-reactive ketones (excluding diaryl/α,β-unsaturated/α-hetero) is 1. The summed E-state index contributed by atoms with van der Waals surface area (Å²) in [6, 6.07) is 19.5. The first-order valence-corrected chi connectivity index (χ1v) is 6.94. The van der Waals surface area contributed by atoms with Gasteiger partial charge >= 0.3 is 0 Å². The van der Waals surface area contributed by atoms with Crippen LogP contribution in [0, 0.1) is 0 Å². The molecule has 3 rings (SSSR count). The number of rotatable bonds is 5. The molecule has 0 N–H and O–H groups in total. The van der Waals surface area contributed by atoms with E-state index in [-0.39, 0.29) is 5.78 Å². The molecule has 0 radical (unpaired) electrons. The minimum atomic E-state index is 0.0977. The van der Waals surface area contributed by atoms with Crippen molar-refractivity contribution in [1.29, 1.82) is 0 Å². The normalized spacial score (nSPS) is 10.5. The molecule has 0 saturated heterocycles. The molecule has 0 unspecified atom stereocenters. The Morgan fingerprint density at radius 3 is 2.33 bits per heavy atom. The van der Waals surface area contributed by atoms with Crippen molar-refractivity contribution in [1.82, 2.24) is 9.55 Å². The molecule has 3 nitrogen and oxygen atoms in total. The van der Waals surface area contributed by atoms with Gasteiger partial charge in [-0.05, 0) is 5.56 Å². The van der Waals surface area contributed by atoms with E-state index in [1.165, 1.54) is 5.56 Å². The second-order valence-corrected chi connectivity index (χ2v) is 4.99. The summed E-state index contributed by atoms with van der Waals surface area (Å²) in [6.07, 6.45) is 4.06. The van der Waals surface area contributed by atoms with E-state index in [1.54, 1.807) is 6.33 Å². The van der Waals surface area contributed by atoms with Crippen LogP contribution in [0.15, 0.2) is 73.2 Å². The van der Waals surface area contributed by atoms with E-state index in [9.17, 15) is 4.79 Å². The lowest BCUT2D eigenvalue weighted by Crippen LogP contribution is -2.03. The van der Waals surface area contributed by atoms with E-state index < -0.39 is 0 Å². The van der Waals surface area contributed by atoms with Crippen molar-refractivity contribution in [2.75, 3.05) is 0 Å². The van der Waals surface area contributed by atoms with Crippen LogP contribution in [0.4, 0.5) is 0 Å². The fourth-order valence-electron chi connectivity index (χ4n) is 2.27. The molecule has 104 valence electrons. The summed E-state index contributed by atoms with van der Waals surface area (Å²) in [7, 11) is 0. The zero-order valence-electron chi connectivity index (χ0n) is 11.6. The topological polar surface area (TPSA) is 34.9 Å². The third-order valence-electron chi connectivity index (χ3n) is 3.33. The Labute approximate surface area is 123 Å². The molecule has 1 aromatic heterocycles. The first-order valence-electron chi connectivity index (χ1n) is 6.94. The molecule has 0 aliphatic heterocycles. The molecule has 0 aliphatic carbocycles. The molecule has 0 atom stereocenters. The molecule has 0 saturated carbocycles. The number of ketones is 1. The summed E-state index contributed by atoms with van der Waals surface area (Å²) in [5, 5.41) is 0. The van der Waals surface area contributed by atoms with Crippen molar-refractivity contribution in [2.24, 2.45) is 0 Å². The molecule has 3 heteroatoms. The van der Waals surface area contributed by atoms with Gasteiger partial charge in [0.05, 0.1) is 18.4 Å². The number of carbonyl (C=O) groups is 1. The number of imidazole rings is 1. The van der Waals surface area contributed by atoms with Gasteiger partial charge in [-0.3, -0.25) is 4.79 Å². The largest absolute Gasteiger partial charge is 0.333 e. The number of hydrogen-bond donors (Lipinski definition) is 0. The second kappa shape index (κ2) is 6.18. The number of hydrogen-bond acceptors (Lipinski definition) is 2. The van der Waals surface area contributed by atoms with Gasteiger partial charge in [0.15, 0.2) is 5.78 Å². The minimum Gasteiger partial charge on any atom is -0.333 e. The zero-order chi connectivity index (χ0) is 14.5. The van der Waals surface area contributed by atoms with Gasteiger partial charge in [-0.1, -0.05) is 60.7 Å². The molecule has 0 fully saturated rings. The van der Waals surface area contributed by atoms with Gasteiger partial charge < -0.3 is 4.57 Å². The highest BCUT2D eigenvalue weighted by Crippen LogP contribution is 2.08. The van der Waals surface area contributed by atoms with Crippen LogP contribution in [0.3, 0.4) is 0 Å². The first-order chi connectivity index (χ1) is 10.3. The summed E-state index contributed by atoms with van der Waals surface area (Å²) in [5.41, 5.74) is 2.76. The summed E-state index contributed by atoms with van der Waals surface area (Å²) < 4.78 is 2.00. The fraction of sp³-hybridized carbons (Fsp3) is 0.111. The maximum atomic E-state index is 12.1. The van der Waals surface area contributed by atoms with Gasteiger partial charge in [0, 0.05) is 18.3 Å². The monoisotopic (exact) mass is 276 g/mol.